The van der Waals surface area contributed by atoms with Crippen molar-refractivity contribution < 1.29 is 72.1 Å². The first-order valence-corrected chi connectivity index (χ1v) is 25.5. The van der Waals surface area contributed by atoms with Crippen LogP contribution < -0.4 is 22.1 Å². The van der Waals surface area contributed by atoms with E-state index in [2.05, 4.69) is 22.3 Å². The average Bonchev–Trinajstić information content (AvgIpc) is 3.62. The fourth-order valence-electron chi connectivity index (χ4n) is 6.15. The zero-order chi connectivity index (χ0) is 53.8. The highest BCUT2D eigenvalue weighted by atomic mass is 16.6. The van der Waals surface area contributed by atoms with Crippen LogP contribution in [0.2, 0.25) is 0 Å². The number of aliphatic carboxylic acids is 2. The predicted octanol–water partition coefficient (Wildman–Crippen LogP) is 6.05. The van der Waals surface area contributed by atoms with Crippen LogP contribution in [0.4, 0.5) is 0 Å². The quantitative estimate of drug-likeness (QED) is 0.0176. The smallest absolute Gasteiger partial charge is 0.317 e. The standard InChI is InChI=1S/C31H54N2O9.C11H26N2O3.C10H14O3/c1-6-8-10-12-14-26(30(36)37)18-28(34)32-23(3)20-40-16-17-42-25(5)22-41-21-24(4)33-29(35)19-27(31(38)39)15-13-11-9-7-2;1-9(12)6-14-4-5-16-11(3)8-15-7-10(2)13;1-2-3-4-5-6-8-7-9(11)13-10(8)12/h10-13,23-27H,6-9,14-22H2,1-5H3,(H,32,34)(H,33,35)(H,36,37)(H,38,39);9-11H,4-8,12-13H2,1-3H3;4-5,8H,2-3,6-7H2,1H3/b12-10+,13-11+;;5-4+. The number of nitrogens with one attached hydrogen (secondary N) is 2. The SMILES string of the molecule is CC(N)COCCOC(C)COCC(C)N.CCC/C=C/CC(CC(=O)NC(C)COCCOC(C)COCC(C)NC(=O)CC(C/C=C/CCC)C(=O)O)C(=O)O.CCC/C=C/CC1CC(=O)OC1=O. The maximum Gasteiger partial charge on any atom is 0.317 e. The van der Waals surface area contributed by atoms with Gasteiger partial charge in [-0.15, -0.1) is 0 Å². The summed E-state index contributed by atoms with van der Waals surface area (Å²) in [5, 5.41) is 24.3. The molecule has 0 aromatic carbocycles. The molecule has 0 spiro atoms. The molecule has 1 rings (SSSR count). The number of cyclic esters (lactones) is 2. The molecule has 8 N–H and O–H groups in total. The normalized spacial score (nSPS) is 17.0. The molecule has 0 bridgehead atoms. The van der Waals surface area contributed by atoms with Gasteiger partial charge in [-0.3, -0.25) is 28.8 Å². The molecule has 9 atom stereocenters. The van der Waals surface area contributed by atoms with Gasteiger partial charge in [0.15, 0.2) is 0 Å². The van der Waals surface area contributed by atoms with Crippen LogP contribution in [0.5, 0.6) is 0 Å². The molecule has 1 aliphatic heterocycles. The molecule has 0 saturated carbocycles. The third-order valence-electron chi connectivity index (χ3n) is 9.93. The van der Waals surface area contributed by atoms with Gasteiger partial charge in [-0.2, -0.15) is 0 Å². The highest BCUT2D eigenvalue weighted by molar-refractivity contribution is 5.94. The van der Waals surface area contributed by atoms with Gasteiger partial charge in [0, 0.05) is 37.0 Å². The molecule has 1 heterocycles. The van der Waals surface area contributed by atoms with E-state index in [9.17, 15) is 39.0 Å². The summed E-state index contributed by atoms with van der Waals surface area (Å²) in [7, 11) is 0. The molecule has 0 radical (unpaired) electrons. The number of carbonyl (C=O) groups is 6. The van der Waals surface area contributed by atoms with Gasteiger partial charge < -0.3 is 65.5 Å². The van der Waals surface area contributed by atoms with Gasteiger partial charge in [-0.05, 0) is 80.1 Å². The first kappa shape index (κ1) is 69.0. The first-order valence-electron chi connectivity index (χ1n) is 25.5. The van der Waals surface area contributed by atoms with E-state index in [-0.39, 0.29) is 98.5 Å². The molecule has 71 heavy (non-hydrogen) atoms. The second kappa shape index (κ2) is 45.8. The lowest BCUT2D eigenvalue weighted by molar-refractivity contribution is -0.153. The fraction of sp³-hybridized carbons (Fsp3) is 0.769. The van der Waals surface area contributed by atoms with Crippen LogP contribution in [-0.2, 0) is 61.9 Å². The predicted molar refractivity (Wildman–Crippen MR) is 273 cm³/mol. The van der Waals surface area contributed by atoms with Gasteiger partial charge in [0.05, 0.1) is 102 Å². The Labute approximate surface area is 424 Å². The number of rotatable bonds is 40. The lowest BCUT2D eigenvalue weighted by atomic mass is 10.0. The summed E-state index contributed by atoms with van der Waals surface area (Å²) in [5.41, 5.74) is 11.1. The highest BCUT2D eigenvalue weighted by Crippen LogP contribution is 2.20. The Morgan fingerprint density at radius 1 is 0.592 bits per heavy atom. The maximum absolute atomic E-state index is 12.3. The van der Waals surface area contributed by atoms with Crippen molar-refractivity contribution >= 4 is 35.7 Å². The molecule has 1 aliphatic rings. The Kier molecular flexibility index (Phi) is 44.5. The van der Waals surface area contributed by atoms with Gasteiger partial charge in [0.25, 0.3) is 0 Å². The van der Waals surface area contributed by atoms with Gasteiger partial charge in [0.1, 0.15) is 0 Å². The Morgan fingerprint density at radius 2 is 0.986 bits per heavy atom. The van der Waals surface area contributed by atoms with Crippen molar-refractivity contribution in [3.8, 4) is 0 Å². The Balaban J connectivity index is 0. The lowest BCUT2D eigenvalue weighted by Gasteiger charge is -2.19. The van der Waals surface area contributed by atoms with Crippen molar-refractivity contribution in [2.24, 2.45) is 29.2 Å². The topological polar surface area (TPSA) is 284 Å². The number of hydrogen-bond acceptors (Lipinski definition) is 15. The third kappa shape index (κ3) is 44.4. The van der Waals surface area contributed by atoms with Crippen LogP contribution in [0.3, 0.4) is 0 Å². The fourth-order valence-corrected chi connectivity index (χ4v) is 6.15. The summed E-state index contributed by atoms with van der Waals surface area (Å²) in [4.78, 5) is 69.0. The van der Waals surface area contributed by atoms with Crippen molar-refractivity contribution in [2.45, 2.75) is 176 Å². The third-order valence-corrected chi connectivity index (χ3v) is 9.93. The molecule has 9 unspecified atom stereocenters. The number of nitrogens with two attached hydrogens (primary N) is 2. The van der Waals surface area contributed by atoms with E-state index in [1.54, 1.807) is 13.8 Å². The molecular formula is C52H94N4O15. The Morgan fingerprint density at radius 3 is 1.38 bits per heavy atom. The highest BCUT2D eigenvalue weighted by Gasteiger charge is 2.32. The number of carboxylic acids is 2. The van der Waals surface area contributed by atoms with E-state index >= 15 is 0 Å². The molecule has 0 aromatic rings. The van der Waals surface area contributed by atoms with Gasteiger partial charge in [0.2, 0.25) is 11.8 Å². The number of unbranched alkanes of at least 4 members (excludes halogenated alkanes) is 3. The summed E-state index contributed by atoms with van der Waals surface area (Å²) in [6.45, 7) is 21.7. The number of carbonyl (C=O) groups excluding carboxylic acids is 4. The summed E-state index contributed by atoms with van der Waals surface area (Å²) in [5.74, 6) is -5.13. The molecule has 2 amide bonds. The summed E-state index contributed by atoms with van der Waals surface area (Å²) in [6, 6.07) is -0.408. The molecule has 0 aliphatic carbocycles. The number of hydrogen-bond donors (Lipinski definition) is 6. The Bertz CT molecular complexity index is 1510. The lowest BCUT2D eigenvalue weighted by Crippen LogP contribution is -2.38. The summed E-state index contributed by atoms with van der Waals surface area (Å²) in [6.07, 6.45) is 18.6. The maximum atomic E-state index is 12.3. The van der Waals surface area contributed by atoms with E-state index in [1.165, 1.54) is 0 Å². The molecular weight excluding hydrogens is 921 g/mol. The zero-order valence-electron chi connectivity index (χ0n) is 44.6. The number of carboxylic acid groups (broad SMARTS) is 2. The van der Waals surface area contributed by atoms with Gasteiger partial charge >= 0.3 is 23.9 Å². The molecule has 1 saturated heterocycles. The van der Waals surface area contributed by atoms with Crippen LogP contribution in [-0.4, -0.2) is 148 Å². The van der Waals surface area contributed by atoms with Crippen LogP contribution in [0.15, 0.2) is 36.5 Å². The van der Waals surface area contributed by atoms with Gasteiger partial charge in [-0.1, -0.05) is 76.5 Å². The van der Waals surface area contributed by atoms with E-state index < -0.39 is 23.8 Å². The van der Waals surface area contributed by atoms with Crippen molar-refractivity contribution in [1.29, 1.82) is 0 Å². The van der Waals surface area contributed by atoms with E-state index in [0.717, 1.165) is 38.5 Å². The van der Waals surface area contributed by atoms with Crippen molar-refractivity contribution in [2.75, 3.05) is 66.1 Å². The van der Waals surface area contributed by atoms with E-state index in [4.69, 9.17) is 39.9 Å². The average molecular weight is 1020 g/mol. The summed E-state index contributed by atoms with van der Waals surface area (Å²) < 4.78 is 37.4. The zero-order valence-corrected chi connectivity index (χ0v) is 44.6. The number of esters is 2. The molecule has 0 aromatic heterocycles. The first-order chi connectivity index (χ1) is 33.7. The van der Waals surface area contributed by atoms with Crippen LogP contribution in [0, 0.1) is 17.8 Å². The number of allylic oxidation sites excluding steroid dienone is 6. The van der Waals surface area contributed by atoms with Crippen LogP contribution in [0.25, 0.3) is 0 Å². The minimum Gasteiger partial charge on any atom is -0.481 e. The Hall–Kier alpha value is -4.08. The molecule has 412 valence electrons. The van der Waals surface area contributed by atoms with Crippen LogP contribution in [0.1, 0.15) is 139 Å². The van der Waals surface area contributed by atoms with Gasteiger partial charge in [-0.25, -0.2) is 0 Å². The van der Waals surface area contributed by atoms with Crippen LogP contribution >= 0.6 is 0 Å². The second-order valence-corrected chi connectivity index (χ2v) is 18.1. The monoisotopic (exact) mass is 1010 g/mol. The minimum absolute atomic E-state index is 0.0673. The number of ether oxygens (including phenoxy) is 7. The van der Waals surface area contributed by atoms with E-state index in [0.29, 0.717) is 72.1 Å². The second-order valence-electron chi connectivity index (χ2n) is 18.1. The van der Waals surface area contributed by atoms with Crippen molar-refractivity contribution in [1.82, 2.24) is 10.6 Å². The van der Waals surface area contributed by atoms with Crippen molar-refractivity contribution in [3.05, 3.63) is 36.5 Å². The largest absolute Gasteiger partial charge is 0.481 e. The van der Waals surface area contributed by atoms with E-state index in [1.807, 2.05) is 78.0 Å². The molecule has 1 fully saturated rings. The minimum atomic E-state index is -0.986. The molecule has 19 nitrogen and oxygen atoms in total. The number of amides is 2. The van der Waals surface area contributed by atoms with Crippen molar-refractivity contribution in [3.63, 3.8) is 0 Å². The summed E-state index contributed by atoms with van der Waals surface area (Å²) >= 11 is 0. The molecule has 19 heteroatoms.